The number of hydrogen-bond donors (Lipinski definition) is 1. The van der Waals surface area contributed by atoms with Crippen molar-refractivity contribution in [2.45, 2.75) is 46.3 Å². The molecule has 0 bridgehead atoms. The lowest BCUT2D eigenvalue weighted by Crippen LogP contribution is -2.17. The van der Waals surface area contributed by atoms with Crippen LogP contribution in [0, 0.1) is 0 Å². The van der Waals surface area contributed by atoms with E-state index in [1.807, 2.05) is 91.9 Å². The standard InChI is InChI=1S/C35H37BrN2O5/c1-4-6-10-25-13-16-29(17-14-25)35(39)38-37-22-28-19-30(36)34(33(21-28)41-5-2)43-24-27-15-18-31(32(20-27)40-3)42-23-26-11-8-7-9-12-26/h7-9,11-22H,4-6,10,23-24H2,1-3H3,(H,38,39)/b37-22+. The molecule has 0 heterocycles. The van der Waals surface area contributed by atoms with E-state index in [1.54, 1.807) is 13.3 Å². The summed E-state index contributed by atoms with van der Waals surface area (Å²) >= 11 is 3.61. The van der Waals surface area contributed by atoms with Gasteiger partial charge < -0.3 is 18.9 Å². The van der Waals surface area contributed by atoms with Crippen LogP contribution < -0.4 is 24.4 Å². The number of benzene rings is 4. The molecule has 0 saturated carbocycles. The summed E-state index contributed by atoms with van der Waals surface area (Å²) in [6.07, 6.45) is 4.85. The highest BCUT2D eigenvalue weighted by Crippen LogP contribution is 2.38. The fourth-order valence-electron chi connectivity index (χ4n) is 4.31. The summed E-state index contributed by atoms with van der Waals surface area (Å²) in [5, 5.41) is 4.15. The molecule has 43 heavy (non-hydrogen) atoms. The van der Waals surface area contributed by atoms with E-state index >= 15 is 0 Å². The summed E-state index contributed by atoms with van der Waals surface area (Å²) in [5.41, 5.74) is 7.10. The molecule has 0 saturated heterocycles. The van der Waals surface area contributed by atoms with Crippen molar-refractivity contribution in [3.63, 3.8) is 0 Å². The van der Waals surface area contributed by atoms with Gasteiger partial charge in [0.15, 0.2) is 23.0 Å². The van der Waals surface area contributed by atoms with Gasteiger partial charge in [-0.1, -0.05) is 61.9 Å². The van der Waals surface area contributed by atoms with Crippen molar-refractivity contribution in [3.05, 3.63) is 117 Å². The van der Waals surface area contributed by atoms with Gasteiger partial charge in [-0.05, 0) is 94.3 Å². The minimum Gasteiger partial charge on any atom is -0.493 e. The number of halogens is 1. The van der Waals surface area contributed by atoms with Gasteiger partial charge >= 0.3 is 0 Å². The Hall–Kier alpha value is -4.30. The lowest BCUT2D eigenvalue weighted by atomic mass is 10.1. The zero-order valence-electron chi connectivity index (χ0n) is 24.8. The molecule has 0 aliphatic carbocycles. The van der Waals surface area contributed by atoms with E-state index < -0.39 is 0 Å². The van der Waals surface area contributed by atoms with E-state index in [1.165, 1.54) is 5.56 Å². The first kappa shape index (κ1) is 31.6. The first-order chi connectivity index (χ1) is 21.0. The Morgan fingerprint density at radius 3 is 2.28 bits per heavy atom. The number of unbranched alkanes of at least 4 members (excludes halogenated alkanes) is 1. The second kappa shape index (κ2) is 16.4. The Morgan fingerprint density at radius 1 is 0.814 bits per heavy atom. The minimum absolute atomic E-state index is 0.269. The molecule has 1 N–H and O–H groups in total. The van der Waals surface area contributed by atoms with Gasteiger partial charge in [0.25, 0.3) is 5.91 Å². The van der Waals surface area contributed by atoms with Crippen LogP contribution in [0.25, 0.3) is 0 Å². The molecule has 4 aromatic rings. The number of nitrogens with zero attached hydrogens (tertiary/aromatic N) is 1. The lowest BCUT2D eigenvalue weighted by molar-refractivity contribution is 0.0955. The number of rotatable bonds is 15. The van der Waals surface area contributed by atoms with Crippen LogP contribution in [0.3, 0.4) is 0 Å². The molecule has 0 aromatic heterocycles. The number of amides is 1. The second-order valence-electron chi connectivity index (χ2n) is 9.81. The highest BCUT2D eigenvalue weighted by atomic mass is 79.9. The largest absolute Gasteiger partial charge is 0.493 e. The lowest BCUT2D eigenvalue weighted by Gasteiger charge is -2.16. The molecule has 0 fully saturated rings. The summed E-state index contributed by atoms with van der Waals surface area (Å²) < 4.78 is 24.3. The van der Waals surface area contributed by atoms with Crippen LogP contribution in [0.2, 0.25) is 0 Å². The molecular formula is C35H37BrN2O5. The average Bonchev–Trinajstić information content (AvgIpc) is 3.03. The molecule has 0 aliphatic heterocycles. The Bertz CT molecular complexity index is 1510. The van der Waals surface area contributed by atoms with Crippen molar-refractivity contribution in [2.75, 3.05) is 13.7 Å². The van der Waals surface area contributed by atoms with E-state index in [0.717, 1.165) is 36.0 Å². The first-order valence-corrected chi connectivity index (χ1v) is 15.1. The smallest absolute Gasteiger partial charge is 0.271 e. The van der Waals surface area contributed by atoms with Gasteiger partial charge in [-0.3, -0.25) is 4.79 Å². The van der Waals surface area contributed by atoms with Gasteiger partial charge in [-0.15, -0.1) is 0 Å². The fourth-order valence-corrected chi connectivity index (χ4v) is 4.89. The van der Waals surface area contributed by atoms with Crippen molar-refractivity contribution in [1.29, 1.82) is 0 Å². The Kier molecular flexibility index (Phi) is 12.0. The molecule has 0 radical (unpaired) electrons. The molecule has 4 rings (SSSR count). The maximum absolute atomic E-state index is 12.5. The van der Waals surface area contributed by atoms with Crippen LogP contribution in [0.5, 0.6) is 23.0 Å². The van der Waals surface area contributed by atoms with Crippen molar-refractivity contribution in [1.82, 2.24) is 5.43 Å². The number of methoxy groups -OCH3 is 1. The molecule has 4 aromatic carbocycles. The molecule has 224 valence electrons. The van der Waals surface area contributed by atoms with Crippen LogP contribution in [0.1, 0.15) is 59.3 Å². The summed E-state index contributed by atoms with van der Waals surface area (Å²) in [4.78, 5) is 12.5. The van der Waals surface area contributed by atoms with Gasteiger partial charge in [0.2, 0.25) is 0 Å². The second-order valence-corrected chi connectivity index (χ2v) is 10.7. The maximum atomic E-state index is 12.5. The summed E-state index contributed by atoms with van der Waals surface area (Å²) in [6.45, 7) is 5.26. The first-order valence-electron chi connectivity index (χ1n) is 14.4. The molecule has 7 nitrogen and oxygen atoms in total. The molecular weight excluding hydrogens is 608 g/mol. The van der Waals surface area contributed by atoms with Crippen molar-refractivity contribution >= 4 is 28.1 Å². The number of hydrogen-bond acceptors (Lipinski definition) is 6. The van der Waals surface area contributed by atoms with E-state index in [4.69, 9.17) is 18.9 Å². The van der Waals surface area contributed by atoms with Crippen LogP contribution in [-0.4, -0.2) is 25.8 Å². The Labute approximate surface area is 262 Å². The number of ether oxygens (including phenoxy) is 4. The summed E-state index contributed by atoms with van der Waals surface area (Å²) in [6, 6.07) is 27.0. The minimum atomic E-state index is -0.269. The maximum Gasteiger partial charge on any atom is 0.271 e. The number of nitrogens with one attached hydrogen (secondary N) is 1. The monoisotopic (exact) mass is 644 g/mol. The number of carbonyl (C=O) groups is 1. The SMILES string of the molecule is CCCCc1ccc(C(=O)N/N=C/c2cc(Br)c(OCc3ccc(OCc4ccccc4)c(OC)c3)c(OCC)c2)cc1. The molecule has 0 spiro atoms. The van der Waals surface area contributed by atoms with Crippen molar-refractivity contribution in [3.8, 4) is 23.0 Å². The van der Waals surface area contributed by atoms with E-state index in [0.29, 0.717) is 46.2 Å². The van der Waals surface area contributed by atoms with Gasteiger partial charge in [-0.25, -0.2) is 5.43 Å². The summed E-state index contributed by atoms with van der Waals surface area (Å²) in [5.74, 6) is 2.14. The van der Waals surface area contributed by atoms with Crippen molar-refractivity contribution in [2.24, 2.45) is 5.10 Å². The van der Waals surface area contributed by atoms with Crippen molar-refractivity contribution < 1.29 is 23.7 Å². The van der Waals surface area contributed by atoms with Crippen LogP contribution >= 0.6 is 15.9 Å². The van der Waals surface area contributed by atoms with Gasteiger partial charge in [0, 0.05) is 5.56 Å². The van der Waals surface area contributed by atoms with Gasteiger partial charge in [0.1, 0.15) is 13.2 Å². The molecule has 0 unspecified atom stereocenters. The molecule has 0 aliphatic rings. The zero-order chi connectivity index (χ0) is 30.4. The highest BCUT2D eigenvalue weighted by molar-refractivity contribution is 9.10. The predicted octanol–water partition coefficient (Wildman–Crippen LogP) is 8.12. The number of aryl methyl sites for hydroxylation is 1. The zero-order valence-corrected chi connectivity index (χ0v) is 26.4. The van der Waals surface area contributed by atoms with Gasteiger partial charge in [0.05, 0.1) is 24.4 Å². The molecule has 8 heteroatoms. The third-order valence-corrected chi connectivity index (χ3v) is 7.18. The third-order valence-electron chi connectivity index (χ3n) is 6.59. The third kappa shape index (κ3) is 9.35. The quantitative estimate of drug-likeness (QED) is 0.104. The van der Waals surface area contributed by atoms with E-state index in [9.17, 15) is 4.79 Å². The van der Waals surface area contributed by atoms with Crippen LogP contribution in [-0.2, 0) is 19.6 Å². The Balaban J connectivity index is 1.39. The van der Waals surface area contributed by atoms with E-state index in [-0.39, 0.29) is 12.5 Å². The predicted molar refractivity (Wildman–Crippen MR) is 174 cm³/mol. The van der Waals surface area contributed by atoms with Crippen LogP contribution in [0.15, 0.2) is 94.5 Å². The van der Waals surface area contributed by atoms with Crippen LogP contribution in [0.4, 0.5) is 0 Å². The normalized spacial score (nSPS) is 10.9. The molecule has 1 amide bonds. The summed E-state index contributed by atoms with van der Waals surface area (Å²) in [7, 11) is 1.62. The Morgan fingerprint density at radius 2 is 1.56 bits per heavy atom. The fraction of sp³-hybridized carbons (Fsp3) is 0.257. The highest BCUT2D eigenvalue weighted by Gasteiger charge is 2.14. The number of carbonyl (C=O) groups excluding carboxylic acids is 1. The topological polar surface area (TPSA) is 78.4 Å². The average molecular weight is 646 g/mol. The van der Waals surface area contributed by atoms with Gasteiger partial charge in [-0.2, -0.15) is 5.10 Å². The van der Waals surface area contributed by atoms with E-state index in [2.05, 4.69) is 33.4 Å². The molecule has 0 atom stereocenters. The number of hydrazone groups is 1.